The molecule has 2 aromatic carbocycles. The molecule has 1 heterocycles. The van der Waals surface area contributed by atoms with Gasteiger partial charge in [-0.25, -0.2) is 4.79 Å². The molecule has 1 N–H and O–H groups in total. The Kier molecular flexibility index (Phi) is 12.7. The molecule has 0 aliphatic carbocycles. The third kappa shape index (κ3) is 12.1. The lowest BCUT2D eigenvalue weighted by Crippen LogP contribution is -1.94. The van der Waals surface area contributed by atoms with Crippen LogP contribution in [0.2, 0.25) is 0 Å². The second kappa shape index (κ2) is 14.3. The van der Waals surface area contributed by atoms with Gasteiger partial charge in [-0.1, -0.05) is 73.0 Å². The molecule has 3 aromatic rings. The van der Waals surface area contributed by atoms with Crippen LogP contribution in [0.3, 0.4) is 0 Å². The Bertz CT molecular complexity index is 728. The quantitative estimate of drug-likeness (QED) is 0.542. The van der Waals surface area contributed by atoms with Crippen LogP contribution >= 0.6 is 0 Å². The van der Waals surface area contributed by atoms with Crippen molar-refractivity contribution in [3.8, 4) is 0 Å². The molecule has 0 aliphatic rings. The molecule has 3 rings (SSSR count). The van der Waals surface area contributed by atoms with Gasteiger partial charge in [0.25, 0.3) is 0 Å². The van der Waals surface area contributed by atoms with E-state index < -0.39 is 5.97 Å². The molecule has 3 nitrogen and oxygen atoms in total. The van der Waals surface area contributed by atoms with Gasteiger partial charge in [-0.3, -0.25) is 4.98 Å². The van der Waals surface area contributed by atoms with Crippen molar-refractivity contribution in [1.82, 2.24) is 4.98 Å². The minimum Gasteiger partial charge on any atom is -0.478 e. The molecule has 0 aliphatic heterocycles. The molecule has 0 fully saturated rings. The molecular weight excluding hydrogens is 334 g/mol. The maximum absolute atomic E-state index is 10.3. The molecule has 0 saturated heterocycles. The zero-order valence-corrected chi connectivity index (χ0v) is 17.2. The zero-order valence-electron chi connectivity index (χ0n) is 17.2. The monoisotopic (exact) mass is 365 g/mol. The minimum absolute atomic E-state index is 0.339. The molecule has 0 spiro atoms. The second-order valence-electron chi connectivity index (χ2n) is 5.86. The fraction of sp³-hybridized carbons (Fsp3) is 0.250. The van der Waals surface area contributed by atoms with Crippen molar-refractivity contribution < 1.29 is 9.90 Å². The van der Waals surface area contributed by atoms with Crippen molar-refractivity contribution in [3.05, 3.63) is 101 Å². The number of benzene rings is 2. The Morgan fingerprint density at radius 3 is 1.37 bits per heavy atom. The second-order valence-corrected chi connectivity index (χ2v) is 5.86. The van der Waals surface area contributed by atoms with Crippen LogP contribution in [0.15, 0.2) is 73.1 Å². The zero-order chi connectivity index (χ0) is 20.7. The molecule has 27 heavy (non-hydrogen) atoms. The number of aryl methyl sites for hydroxylation is 4. The molecule has 0 bridgehead atoms. The van der Waals surface area contributed by atoms with Gasteiger partial charge in [0, 0.05) is 12.4 Å². The highest BCUT2D eigenvalue weighted by molar-refractivity contribution is 5.87. The first-order valence-electron chi connectivity index (χ1n) is 9.08. The Balaban J connectivity index is 0.000000364. The largest absolute Gasteiger partial charge is 0.478 e. The lowest BCUT2D eigenvalue weighted by atomic mass is 10.2. The highest BCUT2D eigenvalue weighted by Gasteiger charge is 1.98. The maximum Gasteiger partial charge on any atom is 0.335 e. The summed E-state index contributed by atoms with van der Waals surface area (Å²) in [5.41, 5.74) is 5.28. The van der Waals surface area contributed by atoms with Crippen LogP contribution in [0.25, 0.3) is 0 Å². The Morgan fingerprint density at radius 1 is 0.704 bits per heavy atom. The first-order valence-corrected chi connectivity index (χ1v) is 9.08. The van der Waals surface area contributed by atoms with Crippen LogP contribution in [0.5, 0.6) is 0 Å². The summed E-state index contributed by atoms with van der Waals surface area (Å²) in [5, 5.41) is 8.48. The van der Waals surface area contributed by atoms with Crippen LogP contribution < -0.4 is 0 Å². The van der Waals surface area contributed by atoms with Gasteiger partial charge < -0.3 is 5.11 Å². The molecule has 0 saturated carbocycles. The summed E-state index contributed by atoms with van der Waals surface area (Å²) >= 11 is 0. The highest BCUT2D eigenvalue weighted by Crippen LogP contribution is 2.02. The lowest BCUT2D eigenvalue weighted by molar-refractivity contribution is 0.0697. The number of pyridine rings is 1. The van der Waals surface area contributed by atoms with Crippen molar-refractivity contribution >= 4 is 5.97 Å². The predicted octanol–water partition coefficient (Wildman–Crippen LogP) is 6.41. The molecule has 1 aromatic heterocycles. The van der Waals surface area contributed by atoms with Crippen molar-refractivity contribution in [1.29, 1.82) is 0 Å². The molecule has 0 unspecified atom stereocenters. The Morgan fingerprint density at radius 2 is 1.11 bits per heavy atom. The summed E-state index contributed by atoms with van der Waals surface area (Å²) < 4.78 is 0. The number of rotatable bonds is 1. The maximum atomic E-state index is 10.3. The van der Waals surface area contributed by atoms with Crippen molar-refractivity contribution in [2.45, 2.75) is 41.5 Å². The number of nitrogens with zero attached hydrogens (tertiary/aromatic N) is 1. The van der Waals surface area contributed by atoms with E-state index in [0.717, 1.165) is 5.56 Å². The average Bonchev–Trinajstić information content (AvgIpc) is 2.68. The SMILES string of the molecule is CC.Cc1ccc(C(=O)O)cc1.Cc1ccc(C)cc1.Cc1cccnc1. The third-order valence-corrected chi connectivity index (χ3v) is 3.33. The van der Waals surface area contributed by atoms with Crippen LogP contribution in [0, 0.1) is 27.7 Å². The number of aromatic carboxylic acids is 1. The molecule has 144 valence electrons. The summed E-state index contributed by atoms with van der Waals surface area (Å²) in [4.78, 5) is 14.2. The van der Waals surface area contributed by atoms with E-state index in [4.69, 9.17) is 5.11 Å². The van der Waals surface area contributed by atoms with E-state index in [1.165, 1.54) is 16.7 Å². The van der Waals surface area contributed by atoms with Crippen LogP contribution in [-0.4, -0.2) is 16.1 Å². The summed E-state index contributed by atoms with van der Waals surface area (Å²) in [6.45, 7) is 12.1. The summed E-state index contributed by atoms with van der Waals surface area (Å²) in [6, 6.07) is 19.2. The Hall–Kier alpha value is -2.94. The van der Waals surface area contributed by atoms with Gasteiger partial charge >= 0.3 is 5.97 Å². The standard InChI is InChI=1S/C8H8O2.C8H10.C6H7N.C2H6/c1-6-2-4-7(5-3-6)8(9)10;1-7-3-5-8(2)6-4-7;1-6-3-2-4-7-5-6;1-2/h2-5H,1H3,(H,9,10);3-6H,1-2H3;2-5H,1H3;1-2H3. The normalized spacial score (nSPS) is 8.67. The van der Waals surface area contributed by atoms with E-state index in [2.05, 4.69) is 43.1 Å². The number of hydrogen-bond acceptors (Lipinski definition) is 2. The number of hydrogen-bond donors (Lipinski definition) is 1. The van der Waals surface area contributed by atoms with E-state index in [1.807, 2.05) is 46.0 Å². The highest BCUT2D eigenvalue weighted by atomic mass is 16.4. The summed E-state index contributed by atoms with van der Waals surface area (Å²) in [7, 11) is 0. The first-order chi connectivity index (χ1) is 12.9. The predicted molar refractivity (Wildman–Crippen MR) is 114 cm³/mol. The Labute approximate surface area is 163 Å². The van der Waals surface area contributed by atoms with Gasteiger partial charge in [0.1, 0.15) is 0 Å². The summed E-state index contributed by atoms with van der Waals surface area (Å²) in [5.74, 6) is -0.875. The fourth-order valence-corrected chi connectivity index (χ4v) is 1.78. The molecule has 0 radical (unpaired) electrons. The molecular formula is C24H31NO2. The number of carbonyl (C=O) groups is 1. The van der Waals surface area contributed by atoms with Crippen LogP contribution in [0.4, 0.5) is 0 Å². The van der Waals surface area contributed by atoms with Crippen molar-refractivity contribution in [3.63, 3.8) is 0 Å². The van der Waals surface area contributed by atoms with Gasteiger partial charge in [0.15, 0.2) is 0 Å². The van der Waals surface area contributed by atoms with Crippen LogP contribution in [0.1, 0.15) is 46.5 Å². The number of carboxylic acids is 1. The molecule has 0 atom stereocenters. The number of carboxylic acid groups (broad SMARTS) is 1. The van der Waals surface area contributed by atoms with Crippen molar-refractivity contribution in [2.24, 2.45) is 0 Å². The van der Waals surface area contributed by atoms with E-state index in [0.29, 0.717) is 5.56 Å². The molecule has 0 amide bonds. The van der Waals surface area contributed by atoms with E-state index in [9.17, 15) is 4.79 Å². The third-order valence-electron chi connectivity index (χ3n) is 3.33. The van der Waals surface area contributed by atoms with E-state index in [1.54, 1.807) is 30.5 Å². The van der Waals surface area contributed by atoms with E-state index in [-0.39, 0.29) is 0 Å². The lowest BCUT2D eigenvalue weighted by Gasteiger charge is -1.92. The van der Waals surface area contributed by atoms with Gasteiger partial charge in [-0.2, -0.15) is 0 Å². The van der Waals surface area contributed by atoms with Crippen LogP contribution in [-0.2, 0) is 0 Å². The first kappa shape index (κ1) is 24.1. The van der Waals surface area contributed by atoms with Gasteiger partial charge in [0.2, 0.25) is 0 Å². The molecule has 3 heteroatoms. The average molecular weight is 366 g/mol. The summed E-state index contributed by atoms with van der Waals surface area (Å²) in [6.07, 6.45) is 3.60. The van der Waals surface area contributed by atoms with Crippen molar-refractivity contribution in [2.75, 3.05) is 0 Å². The topological polar surface area (TPSA) is 50.2 Å². The minimum atomic E-state index is -0.875. The van der Waals surface area contributed by atoms with Gasteiger partial charge in [0.05, 0.1) is 5.56 Å². The van der Waals surface area contributed by atoms with E-state index >= 15 is 0 Å². The van der Waals surface area contributed by atoms with Gasteiger partial charge in [-0.05, 0) is 51.5 Å². The number of aromatic nitrogens is 1. The van der Waals surface area contributed by atoms with Gasteiger partial charge in [-0.15, -0.1) is 0 Å². The smallest absolute Gasteiger partial charge is 0.335 e. The fourth-order valence-electron chi connectivity index (χ4n) is 1.78.